The molecule has 0 saturated heterocycles. The monoisotopic (exact) mass is 292 g/mol. The summed E-state index contributed by atoms with van der Waals surface area (Å²) in [5, 5.41) is 3.01. The SMILES string of the molecule is CCNc1cccnc1S(=O)(=O)N(C)c1cccnc1. The van der Waals surface area contributed by atoms with Crippen LogP contribution in [0.1, 0.15) is 6.92 Å². The van der Waals surface area contributed by atoms with E-state index in [1.165, 1.54) is 23.7 Å². The van der Waals surface area contributed by atoms with Gasteiger partial charge in [-0.25, -0.2) is 4.98 Å². The minimum absolute atomic E-state index is 0.00760. The quantitative estimate of drug-likeness (QED) is 0.908. The van der Waals surface area contributed by atoms with E-state index < -0.39 is 10.0 Å². The summed E-state index contributed by atoms with van der Waals surface area (Å²) >= 11 is 0. The Morgan fingerprint density at radius 3 is 2.65 bits per heavy atom. The second-order valence-corrected chi connectivity index (χ2v) is 5.95. The molecule has 2 heterocycles. The van der Waals surface area contributed by atoms with Crippen molar-refractivity contribution in [3.63, 3.8) is 0 Å². The third-order valence-corrected chi connectivity index (χ3v) is 4.50. The van der Waals surface area contributed by atoms with Gasteiger partial charge in [0, 0.05) is 26.0 Å². The molecular weight excluding hydrogens is 276 g/mol. The summed E-state index contributed by atoms with van der Waals surface area (Å²) in [4.78, 5) is 7.93. The summed E-state index contributed by atoms with van der Waals surface area (Å²) in [6.07, 6.45) is 4.55. The van der Waals surface area contributed by atoms with Crippen molar-refractivity contribution in [2.24, 2.45) is 0 Å². The van der Waals surface area contributed by atoms with Crippen LogP contribution in [0.25, 0.3) is 0 Å². The first kappa shape index (κ1) is 14.3. The van der Waals surface area contributed by atoms with Gasteiger partial charge in [-0.15, -0.1) is 0 Å². The maximum atomic E-state index is 12.6. The summed E-state index contributed by atoms with van der Waals surface area (Å²) in [7, 11) is -2.24. The number of aromatic nitrogens is 2. The van der Waals surface area contributed by atoms with Crippen LogP contribution in [-0.4, -0.2) is 32.0 Å². The minimum Gasteiger partial charge on any atom is -0.383 e. The number of sulfonamides is 1. The number of nitrogens with one attached hydrogen (secondary N) is 1. The molecule has 0 saturated carbocycles. The van der Waals surface area contributed by atoms with Crippen molar-refractivity contribution >= 4 is 21.4 Å². The highest BCUT2D eigenvalue weighted by molar-refractivity contribution is 7.92. The number of anilines is 2. The fourth-order valence-corrected chi connectivity index (χ4v) is 2.99. The lowest BCUT2D eigenvalue weighted by Gasteiger charge is -2.20. The first-order valence-corrected chi connectivity index (χ1v) is 7.59. The van der Waals surface area contributed by atoms with Gasteiger partial charge >= 0.3 is 0 Å². The highest BCUT2D eigenvalue weighted by Gasteiger charge is 2.25. The third-order valence-electron chi connectivity index (χ3n) is 2.75. The predicted molar refractivity (Wildman–Crippen MR) is 78.2 cm³/mol. The van der Waals surface area contributed by atoms with Crippen LogP contribution in [0.2, 0.25) is 0 Å². The maximum absolute atomic E-state index is 12.6. The Kier molecular flexibility index (Phi) is 4.19. The van der Waals surface area contributed by atoms with Crippen molar-refractivity contribution < 1.29 is 8.42 Å². The molecule has 0 spiro atoms. The zero-order valence-corrected chi connectivity index (χ0v) is 12.1. The highest BCUT2D eigenvalue weighted by atomic mass is 32.2. The molecule has 0 bridgehead atoms. The average Bonchev–Trinajstić information content (AvgIpc) is 2.48. The summed E-state index contributed by atoms with van der Waals surface area (Å²) in [5.74, 6) is 0. The van der Waals surface area contributed by atoms with Gasteiger partial charge in [-0.1, -0.05) is 0 Å². The third kappa shape index (κ3) is 2.72. The molecule has 2 aromatic rings. The Hall–Kier alpha value is -2.15. The molecule has 0 aliphatic carbocycles. The van der Waals surface area contributed by atoms with E-state index in [1.54, 1.807) is 30.5 Å². The van der Waals surface area contributed by atoms with Crippen molar-refractivity contribution in [2.75, 3.05) is 23.2 Å². The van der Waals surface area contributed by atoms with Gasteiger partial charge in [-0.2, -0.15) is 8.42 Å². The molecule has 7 heteroatoms. The predicted octanol–water partition coefficient (Wildman–Crippen LogP) is 1.73. The molecule has 0 fully saturated rings. The Bertz CT molecular complexity index is 674. The molecule has 0 aromatic carbocycles. The van der Waals surface area contributed by atoms with Crippen LogP contribution in [0.15, 0.2) is 47.9 Å². The van der Waals surface area contributed by atoms with Crippen molar-refractivity contribution in [3.8, 4) is 0 Å². The first-order chi connectivity index (χ1) is 9.57. The largest absolute Gasteiger partial charge is 0.383 e. The van der Waals surface area contributed by atoms with Crippen molar-refractivity contribution in [1.82, 2.24) is 9.97 Å². The molecule has 0 radical (unpaired) electrons. The van der Waals surface area contributed by atoms with E-state index in [9.17, 15) is 8.42 Å². The second-order valence-electron chi connectivity index (χ2n) is 4.07. The van der Waals surface area contributed by atoms with E-state index in [1.807, 2.05) is 6.92 Å². The van der Waals surface area contributed by atoms with E-state index in [0.717, 1.165) is 0 Å². The lowest BCUT2D eigenvalue weighted by molar-refractivity contribution is 0.591. The van der Waals surface area contributed by atoms with Gasteiger partial charge in [0.15, 0.2) is 5.03 Å². The Morgan fingerprint density at radius 2 is 2.00 bits per heavy atom. The van der Waals surface area contributed by atoms with Crippen LogP contribution in [-0.2, 0) is 10.0 Å². The lowest BCUT2D eigenvalue weighted by atomic mass is 10.4. The van der Waals surface area contributed by atoms with Crippen LogP contribution >= 0.6 is 0 Å². The van der Waals surface area contributed by atoms with Gasteiger partial charge in [0.25, 0.3) is 10.0 Å². The number of hydrogen-bond acceptors (Lipinski definition) is 5. The van der Waals surface area contributed by atoms with E-state index >= 15 is 0 Å². The standard InChI is InChI=1S/C13H16N4O2S/c1-3-15-12-7-5-9-16-13(12)20(18,19)17(2)11-6-4-8-14-10-11/h4-10,15H,3H2,1-2H3. The molecule has 6 nitrogen and oxygen atoms in total. The summed E-state index contributed by atoms with van der Waals surface area (Å²) in [5.41, 5.74) is 0.978. The fraction of sp³-hybridized carbons (Fsp3) is 0.231. The minimum atomic E-state index is -3.73. The first-order valence-electron chi connectivity index (χ1n) is 6.15. The molecule has 1 N–H and O–H groups in total. The van der Waals surface area contributed by atoms with Gasteiger partial charge < -0.3 is 5.32 Å². The van der Waals surface area contributed by atoms with E-state index in [-0.39, 0.29) is 5.03 Å². The second kappa shape index (κ2) is 5.87. The average molecular weight is 292 g/mol. The van der Waals surface area contributed by atoms with Gasteiger partial charge in [0.2, 0.25) is 0 Å². The van der Waals surface area contributed by atoms with E-state index in [0.29, 0.717) is 17.9 Å². The summed E-state index contributed by atoms with van der Waals surface area (Å²) in [6.45, 7) is 2.51. The Labute approximate surface area is 118 Å². The van der Waals surface area contributed by atoms with Crippen molar-refractivity contribution in [3.05, 3.63) is 42.9 Å². The lowest BCUT2D eigenvalue weighted by Crippen LogP contribution is -2.28. The molecule has 2 aromatic heterocycles. The number of nitrogens with zero attached hydrogens (tertiary/aromatic N) is 3. The molecule has 0 aliphatic rings. The Balaban J connectivity index is 2.45. The van der Waals surface area contributed by atoms with Crippen molar-refractivity contribution in [2.45, 2.75) is 11.9 Å². The van der Waals surface area contributed by atoms with Gasteiger partial charge in [-0.05, 0) is 31.2 Å². The zero-order valence-electron chi connectivity index (χ0n) is 11.3. The van der Waals surface area contributed by atoms with Crippen LogP contribution in [0.5, 0.6) is 0 Å². The van der Waals surface area contributed by atoms with E-state index in [4.69, 9.17) is 0 Å². The Morgan fingerprint density at radius 1 is 1.25 bits per heavy atom. The number of pyridine rings is 2. The number of rotatable bonds is 5. The molecule has 2 rings (SSSR count). The zero-order chi connectivity index (χ0) is 14.6. The molecule has 0 atom stereocenters. The van der Waals surface area contributed by atoms with Crippen LogP contribution in [0.3, 0.4) is 0 Å². The molecular formula is C13H16N4O2S. The smallest absolute Gasteiger partial charge is 0.283 e. The van der Waals surface area contributed by atoms with Crippen LogP contribution in [0.4, 0.5) is 11.4 Å². The van der Waals surface area contributed by atoms with Gasteiger partial charge in [0.05, 0.1) is 17.6 Å². The summed E-state index contributed by atoms with van der Waals surface area (Å²) < 4.78 is 26.4. The molecule has 20 heavy (non-hydrogen) atoms. The van der Waals surface area contributed by atoms with E-state index in [2.05, 4.69) is 15.3 Å². The summed E-state index contributed by atoms with van der Waals surface area (Å²) in [6, 6.07) is 6.76. The molecule has 0 aliphatic heterocycles. The van der Waals surface area contributed by atoms with Crippen LogP contribution < -0.4 is 9.62 Å². The maximum Gasteiger partial charge on any atom is 0.283 e. The molecule has 106 valence electrons. The fourth-order valence-electron chi connectivity index (χ4n) is 1.73. The molecule has 0 amide bonds. The van der Waals surface area contributed by atoms with Gasteiger partial charge in [-0.3, -0.25) is 9.29 Å². The van der Waals surface area contributed by atoms with Crippen LogP contribution in [0, 0.1) is 0 Å². The van der Waals surface area contributed by atoms with Crippen molar-refractivity contribution in [1.29, 1.82) is 0 Å². The highest BCUT2D eigenvalue weighted by Crippen LogP contribution is 2.24. The van der Waals surface area contributed by atoms with Gasteiger partial charge in [0.1, 0.15) is 0 Å². The number of hydrogen-bond donors (Lipinski definition) is 1. The molecule has 0 unspecified atom stereocenters. The normalized spacial score (nSPS) is 11.1. The topological polar surface area (TPSA) is 75.2 Å².